The molecule has 2 saturated heterocycles. The van der Waals surface area contributed by atoms with Crippen molar-refractivity contribution in [2.75, 3.05) is 44.3 Å². The van der Waals surface area contributed by atoms with Crippen molar-refractivity contribution in [3.63, 3.8) is 0 Å². The second-order valence-corrected chi connectivity index (χ2v) is 9.29. The first-order valence-electron chi connectivity index (χ1n) is 12.4. The lowest BCUT2D eigenvalue weighted by Crippen LogP contribution is -2.38. The van der Waals surface area contributed by atoms with E-state index < -0.39 is 0 Å². The highest BCUT2D eigenvalue weighted by atomic mass is 16.5. The Balaban J connectivity index is 1.33. The van der Waals surface area contributed by atoms with Gasteiger partial charge in [-0.2, -0.15) is 5.10 Å². The number of aromatic hydroxyl groups is 1. The van der Waals surface area contributed by atoms with Gasteiger partial charge in [-0.3, -0.25) is 9.78 Å². The number of carbonyl (C=O) groups excluding carboxylic acids is 1. The number of phenols is 1. The molecule has 0 radical (unpaired) electrons. The molecule has 0 atom stereocenters. The number of carbonyl (C=O) groups is 1. The Morgan fingerprint density at radius 3 is 2.58 bits per heavy atom. The predicted octanol–water partition coefficient (Wildman–Crippen LogP) is 3.35. The van der Waals surface area contributed by atoms with Crippen molar-refractivity contribution in [2.24, 2.45) is 0 Å². The van der Waals surface area contributed by atoms with Crippen molar-refractivity contribution in [1.82, 2.24) is 24.5 Å². The largest absolute Gasteiger partial charge is 0.508 e. The summed E-state index contributed by atoms with van der Waals surface area (Å²) in [4.78, 5) is 26.0. The molecule has 6 rings (SSSR count). The van der Waals surface area contributed by atoms with Crippen molar-refractivity contribution in [1.29, 1.82) is 0 Å². The molecule has 2 aliphatic rings. The predicted molar refractivity (Wildman–Crippen MR) is 135 cm³/mol. The fourth-order valence-electron chi connectivity index (χ4n) is 5.14. The number of likely N-dealkylation sites (tertiary alicyclic amines) is 1. The van der Waals surface area contributed by atoms with E-state index in [1.807, 2.05) is 33.8 Å². The van der Waals surface area contributed by atoms with Crippen LogP contribution in [0.25, 0.3) is 16.9 Å². The van der Waals surface area contributed by atoms with Crippen LogP contribution in [-0.4, -0.2) is 74.9 Å². The van der Waals surface area contributed by atoms with Gasteiger partial charge in [-0.05, 0) is 43.2 Å². The second kappa shape index (κ2) is 9.58. The van der Waals surface area contributed by atoms with Gasteiger partial charge in [-0.1, -0.05) is 12.1 Å². The topological polar surface area (TPSA) is 96.1 Å². The molecule has 4 aromatic rings. The number of hydrogen-bond acceptors (Lipinski definition) is 7. The quantitative estimate of drug-likeness (QED) is 0.475. The zero-order valence-corrected chi connectivity index (χ0v) is 20.0. The Kier molecular flexibility index (Phi) is 5.98. The number of piperidine rings is 1. The maximum Gasteiger partial charge on any atom is 0.255 e. The molecule has 1 aromatic carbocycles. The number of fused-ring (bicyclic) bond motifs is 1. The molecule has 36 heavy (non-hydrogen) atoms. The number of anilines is 1. The van der Waals surface area contributed by atoms with Gasteiger partial charge in [0.1, 0.15) is 5.75 Å². The molecule has 0 bridgehead atoms. The molecule has 9 heteroatoms. The van der Waals surface area contributed by atoms with Crippen LogP contribution in [-0.2, 0) is 4.74 Å². The molecule has 5 heterocycles. The lowest BCUT2D eigenvalue weighted by Gasteiger charge is -2.32. The summed E-state index contributed by atoms with van der Waals surface area (Å²) in [5, 5.41) is 15.0. The van der Waals surface area contributed by atoms with Crippen LogP contribution in [0.15, 0.2) is 61.1 Å². The second-order valence-electron chi connectivity index (χ2n) is 9.29. The summed E-state index contributed by atoms with van der Waals surface area (Å²) in [5.41, 5.74) is 5.14. The average molecular weight is 485 g/mol. The number of ether oxygens (including phenoxy) is 1. The van der Waals surface area contributed by atoms with E-state index in [4.69, 9.17) is 14.8 Å². The highest BCUT2D eigenvalue weighted by Crippen LogP contribution is 2.34. The summed E-state index contributed by atoms with van der Waals surface area (Å²) >= 11 is 0. The fraction of sp³-hybridized carbons (Fsp3) is 0.333. The molecule has 184 valence electrons. The number of phenolic OH excluding ortho intramolecular Hbond substituents is 1. The zero-order valence-electron chi connectivity index (χ0n) is 20.0. The highest BCUT2D eigenvalue weighted by Gasteiger charge is 2.28. The third-order valence-corrected chi connectivity index (χ3v) is 7.08. The number of imidazole rings is 1. The van der Waals surface area contributed by atoms with E-state index in [-0.39, 0.29) is 17.6 Å². The SMILES string of the molecule is O=C(c1cccnc1)N1CCC(c2cnc3c(N4CCOCC4)cc(-c4cccc(O)c4)nn23)CC1. The number of rotatable bonds is 4. The summed E-state index contributed by atoms with van der Waals surface area (Å²) < 4.78 is 7.54. The van der Waals surface area contributed by atoms with Gasteiger partial charge in [-0.25, -0.2) is 9.50 Å². The first-order valence-corrected chi connectivity index (χ1v) is 12.4. The van der Waals surface area contributed by atoms with Crippen LogP contribution < -0.4 is 4.90 Å². The fourth-order valence-corrected chi connectivity index (χ4v) is 5.14. The molecular formula is C27H28N6O3. The van der Waals surface area contributed by atoms with Gasteiger partial charge in [0.25, 0.3) is 5.91 Å². The van der Waals surface area contributed by atoms with Crippen LogP contribution in [0.5, 0.6) is 5.75 Å². The van der Waals surface area contributed by atoms with Crippen molar-refractivity contribution in [3.8, 4) is 17.0 Å². The van der Waals surface area contributed by atoms with E-state index in [1.165, 1.54) is 0 Å². The van der Waals surface area contributed by atoms with E-state index in [2.05, 4.69) is 16.0 Å². The monoisotopic (exact) mass is 484 g/mol. The minimum absolute atomic E-state index is 0.0265. The number of hydrogen-bond donors (Lipinski definition) is 1. The summed E-state index contributed by atoms with van der Waals surface area (Å²) in [6.07, 6.45) is 6.91. The Bertz CT molecular complexity index is 1380. The van der Waals surface area contributed by atoms with Crippen LogP contribution in [0.2, 0.25) is 0 Å². The van der Waals surface area contributed by atoms with Gasteiger partial charge < -0.3 is 19.6 Å². The molecule has 0 unspecified atom stereocenters. The first kappa shape index (κ1) is 22.5. The van der Waals surface area contributed by atoms with Gasteiger partial charge in [-0.15, -0.1) is 0 Å². The summed E-state index contributed by atoms with van der Waals surface area (Å²) in [6.45, 7) is 4.27. The van der Waals surface area contributed by atoms with E-state index in [9.17, 15) is 9.90 Å². The van der Waals surface area contributed by atoms with Gasteiger partial charge in [0.15, 0.2) is 5.65 Å². The van der Waals surface area contributed by atoms with Crippen molar-refractivity contribution in [3.05, 3.63) is 72.3 Å². The maximum absolute atomic E-state index is 12.9. The Hall–Kier alpha value is -3.98. The standard InChI is InChI=1S/C27H28N6O3/c34-22-5-1-3-20(15-22)23-16-24(31-11-13-36-14-12-31)26-29-18-25(33(26)30-23)19-6-9-32(10-7-19)27(35)21-4-2-8-28-17-21/h1-5,8,15-19,34H,6-7,9-14H2. The first-order chi connectivity index (χ1) is 17.7. The lowest BCUT2D eigenvalue weighted by atomic mass is 9.93. The Morgan fingerprint density at radius 2 is 1.83 bits per heavy atom. The third kappa shape index (κ3) is 4.26. The maximum atomic E-state index is 12.9. The van der Waals surface area contributed by atoms with Crippen molar-refractivity contribution < 1.29 is 14.6 Å². The molecular weight excluding hydrogens is 456 g/mol. The van der Waals surface area contributed by atoms with E-state index in [1.54, 1.807) is 30.6 Å². The average Bonchev–Trinajstić information content (AvgIpc) is 3.37. The minimum atomic E-state index is 0.0265. The Labute approximate surface area is 209 Å². The number of nitrogens with zero attached hydrogens (tertiary/aromatic N) is 6. The number of aromatic nitrogens is 4. The minimum Gasteiger partial charge on any atom is -0.508 e. The molecule has 0 saturated carbocycles. The van der Waals surface area contributed by atoms with Gasteiger partial charge in [0.2, 0.25) is 0 Å². The van der Waals surface area contributed by atoms with E-state index in [0.29, 0.717) is 31.9 Å². The van der Waals surface area contributed by atoms with Gasteiger partial charge in [0, 0.05) is 50.1 Å². The molecule has 1 N–H and O–H groups in total. The van der Waals surface area contributed by atoms with Crippen molar-refractivity contribution >= 4 is 17.2 Å². The smallest absolute Gasteiger partial charge is 0.255 e. The molecule has 2 aliphatic heterocycles. The summed E-state index contributed by atoms with van der Waals surface area (Å²) in [6, 6.07) is 12.8. The number of benzene rings is 1. The zero-order chi connectivity index (χ0) is 24.5. The lowest BCUT2D eigenvalue weighted by molar-refractivity contribution is 0.0711. The third-order valence-electron chi connectivity index (χ3n) is 7.08. The van der Waals surface area contributed by atoms with Crippen LogP contribution in [0.3, 0.4) is 0 Å². The van der Waals surface area contributed by atoms with Gasteiger partial charge >= 0.3 is 0 Å². The van der Waals surface area contributed by atoms with Crippen LogP contribution in [0, 0.1) is 0 Å². The van der Waals surface area contributed by atoms with Crippen LogP contribution in [0.4, 0.5) is 5.69 Å². The van der Waals surface area contributed by atoms with E-state index >= 15 is 0 Å². The summed E-state index contributed by atoms with van der Waals surface area (Å²) in [7, 11) is 0. The molecule has 0 aliphatic carbocycles. The highest BCUT2D eigenvalue weighted by molar-refractivity contribution is 5.93. The van der Waals surface area contributed by atoms with Crippen molar-refractivity contribution in [2.45, 2.75) is 18.8 Å². The molecule has 0 spiro atoms. The molecule has 3 aromatic heterocycles. The summed E-state index contributed by atoms with van der Waals surface area (Å²) in [5.74, 6) is 0.472. The molecule has 9 nitrogen and oxygen atoms in total. The number of amides is 1. The van der Waals surface area contributed by atoms with Crippen LogP contribution in [0.1, 0.15) is 34.8 Å². The van der Waals surface area contributed by atoms with Crippen LogP contribution >= 0.6 is 0 Å². The molecule has 2 fully saturated rings. The Morgan fingerprint density at radius 1 is 1.00 bits per heavy atom. The van der Waals surface area contributed by atoms with Gasteiger partial charge in [0.05, 0.1) is 42.0 Å². The van der Waals surface area contributed by atoms with E-state index in [0.717, 1.165) is 54.2 Å². The normalized spacial score (nSPS) is 17.0. The number of morpholine rings is 1. The molecule has 1 amide bonds. The number of pyridine rings is 1.